The fourth-order valence-electron chi connectivity index (χ4n) is 2.16. The molecule has 0 spiro atoms. The lowest BCUT2D eigenvalue weighted by atomic mass is 10.2. The molecular weight excluding hydrogens is 258 g/mol. The fraction of sp³-hybridized carbons (Fsp3) is 0.714. The summed E-state index contributed by atoms with van der Waals surface area (Å²) in [4.78, 5) is 13.7. The van der Waals surface area contributed by atoms with Gasteiger partial charge in [-0.15, -0.1) is 0 Å². The summed E-state index contributed by atoms with van der Waals surface area (Å²) in [5, 5.41) is 7.22. The Bertz CT molecular complexity index is 464. The summed E-state index contributed by atoms with van der Waals surface area (Å²) < 4.78 is 10.5. The summed E-state index contributed by atoms with van der Waals surface area (Å²) in [6.07, 6.45) is 0.684. The predicted octanol–water partition coefficient (Wildman–Crippen LogP) is 2.08. The van der Waals surface area contributed by atoms with Crippen LogP contribution in [0.1, 0.15) is 38.6 Å². The normalized spacial score (nSPS) is 19.4. The first-order valence-electron chi connectivity index (χ1n) is 6.97. The van der Waals surface area contributed by atoms with Crippen LogP contribution in [-0.4, -0.2) is 40.9 Å². The van der Waals surface area contributed by atoms with Crippen LogP contribution in [0.5, 0.6) is 0 Å². The van der Waals surface area contributed by atoms with Crippen molar-refractivity contribution in [1.29, 1.82) is 0 Å². The highest BCUT2D eigenvalue weighted by Crippen LogP contribution is 2.15. The molecule has 2 rings (SSSR count). The summed E-state index contributed by atoms with van der Waals surface area (Å²) in [6, 6.07) is 2.18. The largest absolute Gasteiger partial charge is 0.444 e. The summed E-state index contributed by atoms with van der Waals surface area (Å²) in [6.45, 7) is 9.55. The van der Waals surface area contributed by atoms with Gasteiger partial charge in [0.05, 0.1) is 12.2 Å². The highest BCUT2D eigenvalue weighted by Gasteiger charge is 2.29. The van der Waals surface area contributed by atoms with Crippen LogP contribution >= 0.6 is 0 Å². The van der Waals surface area contributed by atoms with E-state index < -0.39 is 5.60 Å². The van der Waals surface area contributed by atoms with Crippen molar-refractivity contribution < 1.29 is 14.1 Å². The van der Waals surface area contributed by atoms with E-state index in [1.807, 2.05) is 33.8 Å². The molecule has 1 aromatic heterocycles. The van der Waals surface area contributed by atoms with Crippen molar-refractivity contribution in [3.8, 4) is 0 Å². The van der Waals surface area contributed by atoms with E-state index in [2.05, 4.69) is 10.5 Å². The number of amides is 1. The lowest BCUT2D eigenvalue weighted by Crippen LogP contribution is -2.38. The minimum Gasteiger partial charge on any atom is -0.444 e. The number of carbonyl (C=O) groups excluding carboxylic acids is 1. The second-order valence-corrected chi connectivity index (χ2v) is 6.23. The van der Waals surface area contributed by atoms with E-state index in [1.165, 1.54) is 0 Å². The molecular formula is C14H23N3O3. The standard InChI is InChI=1S/C14H23N3O3/c1-10-7-12(20-16-10)8-15-11-5-6-17(9-11)13(18)19-14(2,3)4/h7,11,15H,5-6,8-9H2,1-4H3. The van der Waals surface area contributed by atoms with Crippen LogP contribution in [0, 0.1) is 6.92 Å². The number of carbonyl (C=O) groups is 1. The molecule has 1 aliphatic rings. The number of aryl methyl sites for hydroxylation is 1. The summed E-state index contributed by atoms with van der Waals surface area (Å²) in [7, 11) is 0. The molecule has 0 bridgehead atoms. The number of aromatic nitrogens is 1. The average molecular weight is 281 g/mol. The molecule has 0 saturated carbocycles. The first kappa shape index (κ1) is 14.8. The Morgan fingerprint density at radius 3 is 2.95 bits per heavy atom. The van der Waals surface area contributed by atoms with Gasteiger partial charge in [-0.2, -0.15) is 0 Å². The van der Waals surface area contributed by atoms with Gasteiger partial charge in [0.15, 0.2) is 5.76 Å². The van der Waals surface area contributed by atoms with E-state index in [4.69, 9.17) is 9.26 Å². The summed E-state index contributed by atoms with van der Waals surface area (Å²) >= 11 is 0. The fourth-order valence-corrected chi connectivity index (χ4v) is 2.16. The number of rotatable bonds is 3. The van der Waals surface area contributed by atoms with Gasteiger partial charge in [0.2, 0.25) is 0 Å². The molecule has 1 aromatic rings. The second-order valence-electron chi connectivity index (χ2n) is 6.23. The van der Waals surface area contributed by atoms with Gasteiger partial charge < -0.3 is 19.5 Å². The molecule has 1 amide bonds. The van der Waals surface area contributed by atoms with Crippen molar-refractivity contribution in [2.45, 2.75) is 52.3 Å². The van der Waals surface area contributed by atoms with Crippen molar-refractivity contribution in [3.63, 3.8) is 0 Å². The molecule has 1 saturated heterocycles. The van der Waals surface area contributed by atoms with E-state index in [9.17, 15) is 4.79 Å². The Labute approximate surface area is 119 Å². The van der Waals surface area contributed by atoms with E-state index >= 15 is 0 Å². The number of likely N-dealkylation sites (tertiary alicyclic amines) is 1. The Kier molecular flexibility index (Phi) is 4.32. The van der Waals surface area contributed by atoms with E-state index in [-0.39, 0.29) is 12.1 Å². The monoisotopic (exact) mass is 281 g/mol. The van der Waals surface area contributed by atoms with Gasteiger partial charge in [0.1, 0.15) is 5.60 Å². The van der Waals surface area contributed by atoms with Crippen molar-refractivity contribution in [3.05, 3.63) is 17.5 Å². The summed E-state index contributed by atoms with van der Waals surface area (Å²) in [5.74, 6) is 0.818. The van der Waals surface area contributed by atoms with Crippen molar-refractivity contribution in [2.75, 3.05) is 13.1 Å². The molecule has 2 heterocycles. The molecule has 1 atom stereocenters. The zero-order valence-electron chi connectivity index (χ0n) is 12.6. The third-order valence-corrected chi connectivity index (χ3v) is 3.08. The van der Waals surface area contributed by atoms with E-state index in [0.29, 0.717) is 13.1 Å². The maximum atomic E-state index is 11.9. The van der Waals surface area contributed by atoms with Crippen molar-refractivity contribution in [2.24, 2.45) is 0 Å². The smallest absolute Gasteiger partial charge is 0.410 e. The average Bonchev–Trinajstić information content (AvgIpc) is 2.93. The maximum absolute atomic E-state index is 11.9. The zero-order valence-corrected chi connectivity index (χ0v) is 12.6. The topological polar surface area (TPSA) is 67.6 Å². The van der Waals surface area contributed by atoms with Gasteiger partial charge in [0, 0.05) is 25.2 Å². The Hall–Kier alpha value is -1.56. The molecule has 0 aliphatic carbocycles. The number of ether oxygens (including phenoxy) is 1. The first-order valence-corrected chi connectivity index (χ1v) is 6.97. The van der Waals surface area contributed by atoms with Gasteiger partial charge in [-0.25, -0.2) is 4.79 Å². The van der Waals surface area contributed by atoms with Crippen LogP contribution in [0.2, 0.25) is 0 Å². The lowest BCUT2D eigenvalue weighted by molar-refractivity contribution is 0.0291. The minimum absolute atomic E-state index is 0.239. The molecule has 6 nitrogen and oxygen atoms in total. The van der Waals surface area contributed by atoms with Crippen LogP contribution in [0.25, 0.3) is 0 Å². The van der Waals surface area contributed by atoms with Crippen LogP contribution < -0.4 is 5.32 Å². The SMILES string of the molecule is Cc1cc(CNC2CCN(C(=O)OC(C)(C)C)C2)on1. The van der Waals surface area contributed by atoms with Gasteiger partial charge >= 0.3 is 6.09 Å². The minimum atomic E-state index is -0.444. The quantitative estimate of drug-likeness (QED) is 0.918. The number of nitrogens with zero attached hydrogens (tertiary/aromatic N) is 2. The third-order valence-electron chi connectivity index (χ3n) is 3.08. The van der Waals surface area contributed by atoms with Crippen LogP contribution in [-0.2, 0) is 11.3 Å². The van der Waals surface area contributed by atoms with Crippen LogP contribution in [0.4, 0.5) is 4.79 Å². The van der Waals surface area contributed by atoms with Crippen LogP contribution in [0.3, 0.4) is 0 Å². The lowest BCUT2D eigenvalue weighted by Gasteiger charge is -2.24. The molecule has 20 heavy (non-hydrogen) atoms. The third kappa shape index (κ3) is 4.23. The van der Waals surface area contributed by atoms with Crippen molar-refractivity contribution in [1.82, 2.24) is 15.4 Å². The number of hydrogen-bond acceptors (Lipinski definition) is 5. The van der Waals surface area contributed by atoms with Gasteiger partial charge in [-0.3, -0.25) is 0 Å². The maximum Gasteiger partial charge on any atom is 0.410 e. The molecule has 112 valence electrons. The Balaban J connectivity index is 1.76. The second kappa shape index (κ2) is 5.83. The molecule has 6 heteroatoms. The molecule has 1 unspecified atom stereocenters. The first-order chi connectivity index (χ1) is 9.33. The Morgan fingerprint density at radius 2 is 2.35 bits per heavy atom. The van der Waals surface area contributed by atoms with Crippen molar-refractivity contribution >= 4 is 6.09 Å². The number of hydrogen-bond donors (Lipinski definition) is 1. The molecule has 0 radical (unpaired) electrons. The molecule has 1 N–H and O–H groups in total. The zero-order chi connectivity index (χ0) is 14.8. The molecule has 1 aliphatic heterocycles. The Morgan fingerprint density at radius 1 is 1.60 bits per heavy atom. The van der Waals surface area contributed by atoms with Crippen LogP contribution in [0.15, 0.2) is 10.6 Å². The predicted molar refractivity (Wildman–Crippen MR) is 74.3 cm³/mol. The van der Waals surface area contributed by atoms with Gasteiger partial charge in [-0.05, 0) is 34.1 Å². The highest BCUT2D eigenvalue weighted by molar-refractivity contribution is 5.68. The van der Waals surface area contributed by atoms with E-state index in [0.717, 1.165) is 24.4 Å². The van der Waals surface area contributed by atoms with E-state index in [1.54, 1.807) is 4.90 Å². The van der Waals surface area contributed by atoms with Gasteiger partial charge in [-0.1, -0.05) is 5.16 Å². The van der Waals surface area contributed by atoms with Gasteiger partial charge in [0.25, 0.3) is 0 Å². The highest BCUT2D eigenvalue weighted by atomic mass is 16.6. The molecule has 0 aromatic carbocycles. The summed E-state index contributed by atoms with van der Waals surface area (Å²) in [5.41, 5.74) is 0.434. The molecule has 1 fully saturated rings. The number of nitrogens with one attached hydrogen (secondary N) is 1.